The highest BCUT2D eigenvalue weighted by Crippen LogP contribution is 2.28. The van der Waals surface area contributed by atoms with Crippen molar-refractivity contribution in [2.75, 3.05) is 12.8 Å². The molecule has 1 aliphatic rings. The highest BCUT2D eigenvalue weighted by atomic mass is 32.2. The maximum absolute atomic E-state index is 14.3. The van der Waals surface area contributed by atoms with Gasteiger partial charge in [-0.25, -0.2) is 4.39 Å². The van der Waals surface area contributed by atoms with E-state index in [1.54, 1.807) is 18.2 Å². The van der Waals surface area contributed by atoms with Gasteiger partial charge in [0, 0.05) is 24.4 Å². The van der Waals surface area contributed by atoms with Crippen molar-refractivity contribution in [3.8, 4) is 0 Å². The van der Waals surface area contributed by atoms with Crippen molar-refractivity contribution in [3.05, 3.63) is 35.7 Å². The second kappa shape index (κ2) is 5.76. The number of hydrogen-bond acceptors (Lipinski definition) is 2. The Balaban J connectivity index is 2.37. The molecule has 0 spiro atoms. The molecule has 2 atom stereocenters. The van der Waals surface area contributed by atoms with Crippen LogP contribution >= 0.6 is 0 Å². The lowest BCUT2D eigenvalue weighted by Crippen LogP contribution is -2.32. The molecule has 2 unspecified atom stereocenters. The van der Waals surface area contributed by atoms with Crippen LogP contribution in [-0.4, -0.2) is 23.1 Å². The van der Waals surface area contributed by atoms with Crippen molar-refractivity contribution in [1.29, 1.82) is 0 Å². The Morgan fingerprint density at radius 3 is 2.94 bits per heavy atom. The SMILES string of the molecule is CCC1CC(c2cccc(S(C)=O)c2F)=CCN1. The Kier molecular flexibility index (Phi) is 4.30. The molecule has 1 aromatic carbocycles. The van der Waals surface area contributed by atoms with E-state index >= 15 is 0 Å². The van der Waals surface area contributed by atoms with E-state index in [1.165, 1.54) is 6.26 Å². The van der Waals surface area contributed by atoms with Gasteiger partial charge in [-0.05, 0) is 24.5 Å². The number of halogens is 1. The maximum atomic E-state index is 14.3. The highest BCUT2D eigenvalue weighted by Gasteiger charge is 2.19. The van der Waals surface area contributed by atoms with Crippen LogP contribution in [0, 0.1) is 5.82 Å². The van der Waals surface area contributed by atoms with Crippen LogP contribution < -0.4 is 5.32 Å². The van der Waals surface area contributed by atoms with Gasteiger partial charge in [0.25, 0.3) is 0 Å². The molecule has 0 bridgehead atoms. The quantitative estimate of drug-likeness (QED) is 0.912. The summed E-state index contributed by atoms with van der Waals surface area (Å²) in [4.78, 5) is 0.292. The Labute approximate surface area is 110 Å². The summed E-state index contributed by atoms with van der Waals surface area (Å²) in [5.74, 6) is -0.332. The van der Waals surface area contributed by atoms with Crippen LogP contribution in [0.1, 0.15) is 25.3 Å². The van der Waals surface area contributed by atoms with E-state index in [-0.39, 0.29) is 5.82 Å². The molecule has 0 aliphatic carbocycles. The van der Waals surface area contributed by atoms with Gasteiger partial charge in [0.05, 0.1) is 15.7 Å². The summed E-state index contributed by atoms with van der Waals surface area (Å²) in [5, 5.41) is 3.37. The molecular formula is C14H18FNOS. The molecule has 0 radical (unpaired) electrons. The average Bonchev–Trinajstić information content (AvgIpc) is 2.38. The normalized spacial score (nSPS) is 21.5. The second-order valence-corrected chi connectivity index (χ2v) is 5.87. The smallest absolute Gasteiger partial charge is 0.146 e. The molecule has 0 aromatic heterocycles. The molecule has 0 saturated heterocycles. The van der Waals surface area contributed by atoms with Crippen LogP contribution in [0.2, 0.25) is 0 Å². The third-order valence-electron chi connectivity index (χ3n) is 3.33. The predicted molar refractivity (Wildman–Crippen MR) is 73.4 cm³/mol. The fourth-order valence-electron chi connectivity index (χ4n) is 2.26. The molecule has 1 heterocycles. The van der Waals surface area contributed by atoms with Crippen LogP contribution in [0.5, 0.6) is 0 Å². The molecule has 0 fully saturated rings. The van der Waals surface area contributed by atoms with E-state index in [1.807, 2.05) is 6.08 Å². The lowest BCUT2D eigenvalue weighted by Gasteiger charge is -2.23. The van der Waals surface area contributed by atoms with Crippen LogP contribution in [0.15, 0.2) is 29.2 Å². The van der Waals surface area contributed by atoms with Gasteiger partial charge in [-0.3, -0.25) is 4.21 Å². The van der Waals surface area contributed by atoms with E-state index in [4.69, 9.17) is 0 Å². The standard InChI is InChI=1S/C14H18FNOS/c1-3-11-9-10(7-8-16-11)12-5-4-6-13(14(12)15)18(2)17/h4-7,11,16H,3,8-9H2,1-2H3. The van der Waals surface area contributed by atoms with Crippen molar-refractivity contribution < 1.29 is 8.60 Å². The van der Waals surface area contributed by atoms with Crippen molar-refractivity contribution in [3.63, 3.8) is 0 Å². The summed E-state index contributed by atoms with van der Waals surface area (Å²) in [5.41, 5.74) is 1.62. The van der Waals surface area contributed by atoms with E-state index < -0.39 is 10.8 Å². The van der Waals surface area contributed by atoms with Crippen LogP contribution in [0.25, 0.3) is 5.57 Å². The molecule has 98 valence electrons. The average molecular weight is 267 g/mol. The number of benzene rings is 1. The first-order valence-corrected chi connectivity index (χ1v) is 7.74. The Morgan fingerprint density at radius 1 is 1.50 bits per heavy atom. The zero-order valence-electron chi connectivity index (χ0n) is 10.7. The summed E-state index contributed by atoms with van der Waals surface area (Å²) in [6.07, 6.45) is 5.38. The summed E-state index contributed by atoms with van der Waals surface area (Å²) in [6.45, 7) is 2.89. The van der Waals surface area contributed by atoms with Gasteiger partial charge >= 0.3 is 0 Å². The zero-order valence-corrected chi connectivity index (χ0v) is 11.5. The number of hydrogen-bond donors (Lipinski definition) is 1. The van der Waals surface area contributed by atoms with E-state index in [2.05, 4.69) is 12.2 Å². The minimum absolute atomic E-state index is 0.292. The molecule has 1 N–H and O–H groups in total. The molecule has 1 aromatic rings. The first-order valence-electron chi connectivity index (χ1n) is 6.18. The fourth-order valence-corrected chi connectivity index (χ4v) is 2.89. The molecule has 2 nitrogen and oxygen atoms in total. The summed E-state index contributed by atoms with van der Waals surface area (Å²) in [7, 11) is -1.28. The van der Waals surface area contributed by atoms with Gasteiger partial charge in [-0.1, -0.05) is 25.1 Å². The van der Waals surface area contributed by atoms with Gasteiger partial charge in [-0.2, -0.15) is 0 Å². The molecule has 1 aliphatic heterocycles. The molecule has 2 rings (SSSR count). The predicted octanol–water partition coefficient (Wildman–Crippen LogP) is 2.72. The monoisotopic (exact) mass is 267 g/mol. The van der Waals surface area contributed by atoms with Gasteiger partial charge in [0.2, 0.25) is 0 Å². The summed E-state index contributed by atoms with van der Waals surface area (Å²) < 4.78 is 25.7. The van der Waals surface area contributed by atoms with Crippen LogP contribution in [0.3, 0.4) is 0 Å². The van der Waals surface area contributed by atoms with E-state index in [0.717, 1.165) is 25.0 Å². The third kappa shape index (κ3) is 2.70. The van der Waals surface area contributed by atoms with Crippen molar-refractivity contribution >= 4 is 16.4 Å². The Morgan fingerprint density at radius 2 is 2.28 bits per heavy atom. The summed E-state index contributed by atoms with van der Waals surface area (Å²) >= 11 is 0. The van der Waals surface area contributed by atoms with Crippen molar-refractivity contribution in [2.24, 2.45) is 0 Å². The number of rotatable bonds is 3. The minimum atomic E-state index is -1.28. The van der Waals surface area contributed by atoms with Gasteiger partial charge in [-0.15, -0.1) is 0 Å². The van der Waals surface area contributed by atoms with Crippen LogP contribution in [-0.2, 0) is 10.8 Å². The highest BCUT2D eigenvalue weighted by molar-refractivity contribution is 7.84. The van der Waals surface area contributed by atoms with Crippen LogP contribution in [0.4, 0.5) is 4.39 Å². The minimum Gasteiger partial charge on any atom is -0.310 e. The number of nitrogens with one attached hydrogen (secondary N) is 1. The zero-order chi connectivity index (χ0) is 13.1. The molecule has 0 saturated carbocycles. The van der Waals surface area contributed by atoms with Crippen molar-refractivity contribution in [2.45, 2.75) is 30.7 Å². The molecule has 4 heteroatoms. The maximum Gasteiger partial charge on any atom is 0.146 e. The second-order valence-electron chi connectivity index (χ2n) is 4.52. The van der Waals surface area contributed by atoms with Gasteiger partial charge in [0.1, 0.15) is 5.82 Å². The first-order chi connectivity index (χ1) is 8.63. The summed E-state index contributed by atoms with van der Waals surface area (Å²) in [6, 6.07) is 5.54. The topological polar surface area (TPSA) is 29.1 Å². The molecular weight excluding hydrogens is 249 g/mol. The molecule has 0 amide bonds. The fraction of sp³-hybridized carbons (Fsp3) is 0.429. The Hall–Kier alpha value is -1.00. The van der Waals surface area contributed by atoms with Gasteiger partial charge < -0.3 is 5.32 Å². The van der Waals surface area contributed by atoms with E-state index in [0.29, 0.717) is 16.5 Å². The lowest BCUT2D eigenvalue weighted by molar-refractivity contribution is 0.518. The third-order valence-corrected chi connectivity index (χ3v) is 4.27. The first kappa shape index (κ1) is 13.4. The lowest BCUT2D eigenvalue weighted by atomic mass is 9.94. The largest absolute Gasteiger partial charge is 0.310 e. The van der Waals surface area contributed by atoms with Crippen molar-refractivity contribution in [1.82, 2.24) is 5.32 Å². The molecule has 18 heavy (non-hydrogen) atoms. The Bertz CT molecular complexity index is 499. The van der Waals surface area contributed by atoms with E-state index in [9.17, 15) is 8.60 Å². The van der Waals surface area contributed by atoms with Gasteiger partial charge in [0.15, 0.2) is 0 Å².